The van der Waals surface area contributed by atoms with Crippen LogP contribution in [-0.2, 0) is 11.2 Å². The van der Waals surface area contributed by atoms with E-state index in [0.717, 1.165) is 37.2 Å². The number of hydrogen-bond acceptors (Lipinski definition) is 5. The van der Waals surface area contributed by atoms with Crippen LogP contribution >= 0.6 is 0 Å². The molecule has 7 nitrogen and oxygen atoms in total. The van der Waals surface area contributed by atoms with Crippen LogP contribution in [-0.4, -0.2) is 47.7 Å². The highest BCUT2D eigenvalue weighted by molar-refractivity contribution is 5.88. The summed E-state index contributed by atoms with van der Waals surface area (Å²) in [6.07, 6.45) is 2.43. The first-order valence-electron chi connectivity index (χ1n) is 10.3. The summed E-state index contributed by atoms with van der Waals surface area (Å²) >= 11 is 0. The van der Waals surface area contributed by atoms with Gasteiger partial charge in [-0.15, -0.1) is 0 Å². The van der Waals surface area contributed by atoms with Crippen LogP contribution in [0.3, 0.4) is 0 Å². The molecular weight excluding hydrogens is 380 g/mol. The van der Waals surface area contributed by atoms with Crippen LogP contribution in [0.4, 0.5) is 0 Å². The fraction of sp³-hybridized carbons (Fsp3) is 0.348. The number of ether oxygens (including phenoxy) is 1. The van der Waals surface area contributed by atoms with Crippen LogP contribution in [0.5, 0.6) is 5.75 Å². The molecule has 2 aromatic carbocycles. The van der Waals surface area contributed by atoms with Gasteiger partial charge in [-0.05, 0) is 38.1 Å². The van der Waals surface area contributed by atoms with Crippen molar-refractivity contribution >= 4 is 16.7 Å². The maximum atomic E-state index is 12.8. The summed E-state index contributed by atoms with van der Waals surface area (Å²) in [4.78, 5) is 27.1. The molecule has 4 rings (SSSR count). The van der Waals surface area contributed by atoms with Gasteiger partial charge in [0, 0.05) is 17.5 Å². The van der Waals surface area contributed by atoms with E-state index in [9.17, 15) is 9.59 Å². The number of aromatic nitrogens is 2. The molecule has 1 aromatic heterocycles. The lowest BCUT2D eigenvalue weighted by molar-refractivity contribution is -0.120. The van der Waals surface area contributed by atoms with Gasteiger partial charge < -0.3 is 10.1 Å². The van der Waals surface area contributed by atoms with E-state index in [1.807, 2.05) is 30.3 Å². The SMILES string of the molecule is COc1ccccc1[C@H](CNC(=O)Cc1n[nH]c(=O)c2ccccc12)N1CCCC1. The van der Waals surface area contributed by atoms with Gasteiger partial charge in [0.2, 0.25) is 5.91 Å². The fourth-order valence-corrected chi connectivity index (χ4v) is 4.16. The number of aromatic amines is 1. The fourth-order valence-electron chi connectivity index (χ4n) is 4.16. The molecule has 0 aliphatic carbocycles. The van der Waals surface area contributed by atoms with Crippen molar-refractivity contribution in [2.75, 3.05) is 26.7 Å². The molecule has 1 aliphatic rings. The first-order valence-corrected chi connectivity index (χ1v) is 10.3. The molecule has 0 radical (unpaired) electrons. The molecule has 0 spiro atoms. The lowest BCUT2D eigenvalue weighted by Gasteiger charge is -2.29. The number of rotatable bonds is 7. The van der Waals surface area contributed by atoms with Gasteiger partial charge in [0.05, 0.1) is 30.7 Å². The Morgan fingerprint density at radius 1 is 1.13 bits per heavy atom. The Labute approximate surface area is 175 Å². The predicted octanol–water partition coefficient (Wildman–Crippen LogP) is 2.43. The average Bonchev–Trinajstić information content (AvgIpc) is 3.31. The normalized spacial score (nSPS) is 15.2. The maximum absolute atomic E-state index is 12.8. The number of methoxy groups -OCH3 is 1. The first-order chi connectivity index (χ1) is 14.7. The minimum atomic E-state index is -0.250. The molecule has 0 saturated carbocycles. The Bertz CT molecular complexity index is 1090. The van der Waals surface area contributed by atoms with Crippen molar-refractivity contribution in [2.24, 2.45) is 0 Å². The van der Waals surface area contributed by atoms with E-state index in [-0.39, 0.29) is 23.9 Å². The summed E-state index contributed by atoms with van der Waals surface area (Å²) in [5.74, 6) is 0.704. The van der Waals surface area contributed by atoms with Gasteiger partial charge in [-0.25, -0.2) is 5.10 Å². The van der Waals surface area contributed by atoms with Crippen molar-refractivity contribution in [1.29, 1.82) is 0 Å². The molecule has 1 aliphatic heterocycles. The van der Waals surface area contributed by atoms with Crippen molar-refractivity contribution in [3.63, 3.8) is 0 Å². The number of fused-ring (bicyclic) bond motifs is 1. The Morgan fingerprint density at radius 2 is 1.83 bits per heavy atom. The Balaban J connectivity index is 1.51. The van der Waals surface area contributed by atoms with E-state index in [2.05, 4.69) is 26.5 Å². The minimum absolute atomic E-state index is 0.0490. The smallest absolute Gasteiger partial charge is 0.272 e. The summed E-state index contributed by atoms with van der Waals surface area (Å²) < 4.78 is 5.56. The summed E-state index contributed by atoms with van der Waals surface area (Å²) in [5, 5.41) is 10.9. The van der Waals surface area contributed by atoms with Gasteiger partial charge in [-0.1, -0.05) is 36.4 Å². The second-order valence-corrected chi connectivity index (χ2v) is 7.53. The molecule has 1 fully saturated rings. The second-order valence-electron chi connectivity index (χ2n) is 7.53. The van der Waals surface area contributed by atoms with Gasteiger partial charge in [-0.3, -0.25) is 14.5 Å². The van der Waals surface area contributed by atoms with Crippen LogP contribution < -0.4 is 15.6 Å². The molecule has 0 bridgehead atoms. The van der Waals surface area contributed by atoms with Crippen molar-refractivity contribution in [3.8, 4) is 5.75 Å². The van der Waals surface area contributed by atoms with E-state index >= 15 is 0 Å². The monoisotopic (exact) mass is 406 g/mol. The van der Waals surface area contributed by atoms with Crippen molar-refractivity contribution in [3.05, 3.63) is 70.1 Å². The third-order valence-electron chi connectivity index (χ3n) is 5.67. The highest BCUT2D eigenvalue weighted by Crippen LogP contribution is 2.31. The Hall–Kier alpha value is -3.19. The molecule has 3 aromatic rings. The van der Waals surface area contributed by atoms with Gasteiger partial charge in [-0.2, -0.15) is 5.10 Å². The number of carbonyl (C=O) groups excluding carboxylic acids is 1. The van der Waals surface area contributed by atoms with Gasteiger partial charge >= 0.3 is 0 Å². The molecule has 2 heterocycles. The summed E-state index contributed by atoms with van der Waals surface area (Å²) in [6.45, 7) is 2.50. The van der Waals surface area contributed by atoms with E-state index in [4.69, 9.17) is 4.74 Å². The van der Waals surface area contributed by atoms with E-state index < -0.39 is 0 Å². The largest absolute Gasteiger partial charge is 0.496 e. The lowest BCUT2D eigenvalue weighted by atomic mass is 10.0. The number of H-pyrrole nitrogens is 1. The van der Waals surface area contributed by atoms with Crippen molar-refractivity contribution in [2.45, 2.75) is 25.3 Å². The van der Waals surface area contributed by atoms with E-state index in [0.29, 0.717) is 23.0 Å². The molecule has 7 heteroatoms. The number of likely N-dealkylation sites (tertiary alicyclic amines) is 1. The number of nitrogens with one attached hydrogen (secondary N) is 2. The highest BCUT2D eigenvalue weighted by atomic mass is 16.5. The second kappa shape index (κ2) is 9.09. The number of amides is 1. The Kier molecular flexibility index (Phi) is 6.09. The van der Waals surface area contributed by atoms with Crippen molar-refractivity contribution < 1.29 is 9.53 Å². The summed E-state index contributed by atoms with van der Waals surface area (Å²) in [5.41, 5.74) is 1.40. The summed E-state index contributed by atoms with van der Waals surface area (Å²) in [6, 6.07) is 15.2. The molecule has 156 valence electrons. The zero-order chi connectivity index (χ0) is 20.9. The quantitative estimate of drug-likeness (QED) is 0.629. The van der Waals surface area contributed by atoms with Crippen LogP contribution in [0.1, 0.15) is 30.1 Å². The zero-order valence-corrected chi connectivity index (χ0v) is 17.1. The molecule has 2 N–H and O–H groups in total. The third-order valence-corrected chi connectivity index (χ3v) is 5.67. The highest BCUT2D eigenvalue weighted by Gasteiger charge is 2.26. The predicted molar refractivity (Wildman–Crippen MR) is 116 cm³/mol. The van der Waals surface area contributed by atoms with Crippen LogP contribution in [0.25, 0.3) is 10.8 Å². The third kappa shape index (κ3) is 4.21. The first kappa shape index (κ1) is 20.1. The number of hydrogen-bond donors (Lipinski definition) is 2. The molecule has 1 saturated heterocycles. The lowest BCUT2D eigenvalue weighted by Crippen LogP contribution is -2.37. The minimum Gasteiger partial charge on any atom is -0.496 e. The topological polar surface area (TPSA) is 87.3 Å². The molecular formula is C23H26N4O3. The zero-order valence-electron chi connectivity index (χ0n) is 17.1. The number of para-hydroxylation sites is 1. The van der Waals surface area contributed by atoms with Gasteiger partial charge in [0.25, 0.3) is 5.56 Å². The van der Waals surface area contributed by atoms with E-state index in [1.165, 1.54) is 0 Å². The van der Waals surface area contributed by atoms with Crippen LogP contribution in [0.2, 0.25) is 0 Å². The van der Waals surface area contributed by atoms with Gasteiger partial charge in [0.1, 0.15) is 5.75 Å². The standard InChI is InChI=1S/C23H26N4O3/c1-30-21-11-5-4-10-18(21)20(27-12-6-7-13-27)15-24-22(28)14-19-16-8-2-3-9-17(16)23(29)26-25-19/h2-5,8-11,20H,6-7,12-15H2,1H3,(H,24,28)(H,26,29)/t20-/m0/s1. The molecule has 0 unspecified atom stereocenters. The maximum Gasteiger partial charge on any atom is 0.272 e. The van der Waals surface area contributed by atoms with Crippen LogP contribution in [0.15, 0.2) is 53.3 Å². The molecule has 30 heavy (non-hydrogen) atoms. The van der Waals surface area contributed by atoms with Gasteiger partial charge in [0.15, 0.2) is 0 Å². The molecule has 1 amide bonds. The summed E-state index contributed by atoms with van der Waals surface area (Å²) in [7, 11) is 1.67. The van der Waals surface area contributed by atoms with Crippen LogP contribution in [0, 0.1) is 0 Å². The molecule has 1 atom stereocenters. The van der Waals surface area contributed by atoms with E-state index in [1.54, 1.807) is 19.2 Å². The average molecular weight is 406 g/mol. The number of carbonyl (C=O) groups is 1. The number of nitrogens with zero attached hydrogens (tertiary/aromatic N) is 2. The Morgan fingerprint density at radius 3 is 2.60 bits per heavy atom. The number of benzene rings is 2. The van der Waals surface area contributed by atoms with Crippen molar-refractivity contribution in [1.82, 2.24) is 20.4 Å².